The molecule has 0 unspecified atom stereocenters. The Hall–Kier alpha value is -2.24. The second-order valence-corrected chi connectivity index (χ2v) is 5.29. The van der Waals surface area contributed by atoms with Crippen molar-refractivity contribution in [3.8, 4) is 5.75 Å². The number of nitrogens with zero attached hydrogens (tertiary/aromatic N) is 2. The number of rotatable bonds is 4. The van der Waals surface area contributed by atoms with Crippen LogP contribution >= 0.6 is 0 Å². The molecule has 0 spiro atoms. The average Bonchev–Trinajstić information content (AvgIpc) is 2.81. The maximum atomic E-state index is 12.6. The van der Waals surface area contributed by atoms with E-state index < -0.39 is 0 Å². The minimum atomic E-state index is -0.303. The molecule has 1 aromatic carbocycles. The van der Waals surface area contributed by atoms with Crippen molar-refractivity contribution in [2.45, 2.75) is 20.3 Å². The van der Waals surface area contributed by atoms with Gasteiger partial charge in [0, 0.05) is 31.7 Å². The van der Waals surface area contributed by atoms with Gasteiger partial charge in [0.15, 0.2) is 0 Å². The van der Waals surface area contributed by atoms with Crippen LogP contribution in [0.4, 0.5) is 4.79 Å². The number of ether oxygens (including phenoxy) is 2. The lowest BCUT2D eigenvalue weighted by molar-refractivity contribution is 0.0753. The molecule has 0 N–H and O–H groups in total. The van der Waals surface area contributed by atoms with E-state index in [0.29, 0.717) is 45.0 Å². The molecule has 0 aliphatic carbocycles. The molecule has 1 fully saturated rings. The lowest BCUT2D eigenvalue weighted by Crippen LogP contribution is -2.37. The second-order valence-electron chi connectivity index (χ2n) is 5.29. The highest BCUT2D eigenvalue weighted by molar-refractivity contribution is 5.94. The summed E-state index contributed by atoms with van der Waals surface area (Å²) in [5, 5.41) is 0. The molecule has 2 rings (SSSR count). The van der Waals surface area contributed by atoms with E-state index in [1.165, 1.54) is 0 Å². The number of benzene rings is 1. The minimum Gasteiger partial charge on any atom is -0.494 e. The molecule has 0 aromatic heterocycles. The molecule has 6 heteroatoms. The van der Waals surface area contributed by atoms with Crippen LogP contribution in [0.5, 0.6) is 5.75 Å². The summed E-state index contributed by atoms with van der Waals surface area (Å²) in [6.07, 6.45) is 0.449. The molecule has 1 aliphatic rings. The Morgan fingerprint density at radius 1 is 0.957 bits per heavy atom. The molecule has 1 aromatic rings. The fraction of sp³-hybridized carbons (Fsp3) is 0.529. The monoisotopic (exact) mass is 320 g/mol. The van der Waals surface area contributed by atoms with Gasteiger partial charge in [0.1, 0.15) is 5.75 Å². The van der Waals surface area contributed by atoms with Crippen molar-refractivity contribution < 1.29 is 19.1 Å². The molecular weight excluding hydrogens is 296 g/mol. The minimum absolute atomic E-state index is 0.0150. The van der Waals surface area contributed by atoms with Crippen molar-refractivity contribution in [1.82, 2.24) is 9.80 Å². The summed E-state index contributed by atoms with van der Waals surface area (Å²) in [5.41, 5.74) is 0.637. The summed E-state index contributed by atoms with van der Waals surface area (Å²) in [7, 11) is 0. The van der Waals surface area contributed by atoms with E-state index in [1.807, 2.05) is 6.92 Å². The molecule has 23 heavy (non-hydrogen) atoms. The smallest absolute Gasteiger partial charge is 0.409 e. The highest BCUT2D eigenvalue weighted by Crippen LogP contribution is 2.15. The zero-order valence-corrected chi connectivity index (χ0v) is 13.8. The molecule has 0 bridgehead atoms. The molecule has 0 saturated carbocycles. The van der Waals surface area contributed by atoms with Crippen LogP contribution in [0.1, 0.15) is 30.6 Å². The fourth-order valence-corrected chi connectivity index (χ4v) is 2.56. The van der Waals surface area contributed by atoms with Gasteiger partial charge in [-0.15, -0.1) is 0 Å². The van der Waals surface area contributed by atoms with E-state index in [0.717, 1.165) is 12.2 Å². The Morgan fingerprint density at radius 3 is 2.26 bits per heavy atom. The van der Waals surface area contributed by atoms with Gasteiger partial charge in [0.05, 0.1) is 13.2 Å². The van der Waals surface area contributed by atoms with Crippen LogP contribution in [0, 0.1) is 0 Å². The Morgan fingerprint density at radius 2 is 1.61 bits per heavy atom. The summed E-state index contributed by atoms with van der Waals surface area (Å²) in [4.78, 5) is 27.8. The van der Waals surface area contributed by atoms with Crippen molar-refractivity contribution in [3.63, 3.8) is 0 Å². The predicted octanol–water partition coefficient (Wildman–Crippen LogP) is 2.39. The van der Waals surface area contributed by atoms with Crippen molar-refractivity contribution in [3.05, 3.63) is 29.8 Å². The molecule has 1 aliphatic heterocycles. The third-order valence-electron chi connectivity index (χ3n) is 3.72. The summed E-state index contributed by atoms with van der Waals surface area (Å²) in [5.74, 6) is 0.743. The number of hydrogen-bond donors (Lipinski definition) is 0. The van der Waals surface area contributed by atoms with E-state index >= 15 is 0 Å². The summed E-state index contributed by atoms with van der Waals surface area (Å²) in [6, 6.07) is 7.17. The van der Waals surface area contributed by atoms with Crippen LogP contribution in [-0.2, 0) is 4.74 Å². The van der Waals surface area contributed by atoms with Gasteiger partial charge in [0.2, 0.25) is 0 Å². The first-order valence-corrected chi connectivity index (χ1v) is 8.09. The molecule has 1 heterocycles. The third-order valence-corrected chi connectivity index (χ3v) is 3.72. The summed E-state index contributed by atoms with van der Waals surface area (Å²) < 4.78 is 10.4. The maximum absolute atomic E-state index is 12.6. The maximum Gasteiger partial charge on any atom is 0.409 e. The summed E-state index contributed by atoms with van der Waals surface area (Å²) in [6.45, 7) is 6.95. The fourth-order valence-electron chi connectivity index (χ4n) is 2.56. The van der Waals surface area contributed by atoms with Gasteiger partial charge in [-0.05, 0) is 44.5 Å². The second kappa shape index (κ2) is 8.41. The van der Waals surface area contributed by atoms with Gasteiger partial charge in [-0.3, -0.25) is 4.79 Å². The standard InChI is InChI=1S/C17H24N2O4/c1-3-22-15-8-6-14(7-9-15)16(20)18-10-5-11-19(13-12-18)17(21)23-4-2/h6-9H,3-5,10-13H2,1-2H3. The Balaban J connectivity index is 1.96. The Bertz CT molecular complexity index is 530. The molecule has 2 amide bonds. The molecular formula is C17H24N2O4. The SMILES string of the molecule is CCOC(=O)N1CCCN(C(=O)c2ccc(OCC)cc2)CC1. The van der Waals surface area contributed by atoms with Gasteiger partial charge in [-0.2, -0.15) is 0 Å². The van der Waals surface area contributed by atoms with Crippen LogP contribution in [0.25, 0.3) is 0 Å². The van der Waals surface area contributed by atoms with Crippen LogP contribution in [0.3, 0.4) is 0 Å². The van der Waals surface area contributed by atoms with Crippen LogP contribution in [0.2, 0.25) is 0 Å². The van der Waals surface area contributed by atoms with Crippen molar-refractivity contribution >= 4 is 12.0 Å². The van der Waals surface area contributed by atoms with Crippen LogP contribution < -0.4 is 4.74 Å². The molecule has 126 valence electrons. The largest absolute Gasteiger partial charge is 0.494 e. The first kappa shape index (κ1) is 17.1. The lowest BCUT2D eigenvalue weighted by Gasteiger charge is -2.21. The first-order chi connectivity index (χ1) is 11.2. The van der Waals surface area contributed by atoms with E-state index in [1.54, 1.807) is 41.0 Å². The Labute approximate surface area is 137 Å². The molecule has 0 atom stereocenters. The van der Waals surface area contributed by atoms with Crippen LogP contribution in [-0.4, -0.2) is 61.2 Å². The third kappa shape index (κ3) is 4.61. The molecule has 6 nitrogen and oxygen atoms in total. The number of carbonyl (C=O) groups is 2. The zero-order valence-electron chi connectivity index (χ0n) is 13.8. The topological polar surface area (TPSA) is 59.1 Å². The van der Waals surface area contributed by atoms with Crippen molar-refractivity contribution in [2.24, 2.45) is 0 Å². The van der Waals surface area contributed by atoms with E-state index in [4.69, 9.17) is 9.47 Å². The average molecular weight is 320 g/mol. The number of amides is 2. The van der Waals surface area contributed by atoms with E-state index in [9.17, 15) is 9.59 Å². The van der Waals surface area contributed by atoms with Gasteiger partial charge >= 0.3 is 6.09 Å². The molecule has 0 radical (unpaired) electrons. The normalized spacial score (nSPS) is 15.0. The highest BCUT2D eigenvalue weighted by atomic mass is 16.6. The first-order valence-electron chi connectivity index (χ1n) is 8.09. The van der Waals surface area contributed by atoms with E-state index in [-0.39, 0.29) is 12.0 Å². The number of carbonyl (C=O) groups excluding carboxylic acids is 2. The summed E-state index contributed by atoms with van der Waals surface area (Å²) >= 11 is 0. The lowest BCUT2D eigenvalue weighted by atomic mass is 10.2. The quantitative estimate of drug-likeness (QED) is 0.855. The zero-order chi connectivity index (χ0) is 16.7. The van der Waals surface area contributed by atoms with Crippen LogP contribution in [0.15, 0.2) is 24.3 Å². The molecule has 1 saturated heterocycles. The van der Waals surface area contributed by atoms with Gasteiger partial charge in [-0.1, -0.05) is 0 Å². The Kier molecular flexibility index (Phi) is 6.26. The van der Waals surface area contributed by atoms with Gasteiger partial charge < -0.3 is 19.3 Å². The van der Waals surface area contributed by atoms with Crippen molar-refractivity contribution in [2.75, 3.05) is 39.4 Å². The number of hydrogen-bond acceptors (Lipinski definition) is 4. The van der Waals surface area contributed by atoms with Gasteiger partial charge in [0.25, 0.3) is 5.91 Å². The van der Waals surface area contributed by atoms with Gasteiger partial charge in [-0.25, -0.2) is 4.79 Å². The van der Waals surface area contributed by atoms with E-state index in [2.05, 4.69) is 0 Å². The highest BCUT2D eigenvalue weighted by Gasteiger charge is 2.23. The predicted molar refractivity (Wildman–Crippen MR) is 86.7 cm³/mol. The van der Waals surface area contributed by atoms with Crippen molar-refractivity contribution in [1.29, 1.82) is 0 Å².